The van der Waals surface area contributed by atoms with Crippen LogP contribution in [0.5, 0.6) is 0 Å². The fourth-order valence-corrected chi connectivity index (χ4v) is 2.68. The summed E-state index contributed by atoms with van der Waals surface area (Å²) in [5, 5.41) is 8.11. The van der Waals surface area contributed by atoms with Crippen molar-refractivity contribution >= 4 is 5.78 Å². The summed E-state index contributed by atoms with van der Waals surface area (Å²) in [7, 11) is 1.88. The zero-order chi connectivity index (χ0) is 13.0. The first kappa shape index (κ1) is 13.2. The second-order valence-electron chi connectivity index (χ2n) is 5.26. The predicted octanol–water partition coefficient (Wildman–Crippen LogP) is 1.54. The number of rotatable bonds is 4. The second-order valence-corrected chi connectivity index (χ2v) is 5.26. The molecule has 100 valence electrons. The molecule has 1 saturated heterocycles. The van der Waals surface area contributed by atoms with Crippen molar-refractivity contribution in [2.75, 3.05) is 6.54 Å². The zero-order valence-corrected chi connectivity index (χ0v) is 11.3. The van der Waals surface area contributed by atoms with Crippen LogP contribution in [0.1, 0.15) is 44.7 Å². The largest absolute Gasteiger partial charge is 0.300 e. The molecular weight excluding hydrogens is 228 g/mol. The molecule has 0 saturated carbocycles. The number of hydrogen-bond donors (Lipinski definition) is 0. The van der Waals surface area contributed by atoms with E-state index in [1.165, 1.54) is 19.3 Å². The molecule has 0 amide bonds. The van der Waals surface area contributed by atoms with Gasteiger partial charge in [-0.3, -0.25) is 14.4 Å². The summed E-state index contributed by atoms with van der Waals surface area (Å²) in [4.78, 5) is 13.8. The molecule has 1 atom stereocenters. The third-order valence-corrected chi connectivity index (χ3v) is 3.54. The Kier molecular flexibility index (Phi) is 4.47. The Labute approximate surface area is 108 Å². The Morgan fingerprint density at radius 2 is 2.28 bits per heavy atom. The summed E-state index contributed by atoms with van der Waals surface area (Å²) >= 11 is 0. The smallest absolute Gasteiger partial charge is 0.131 e. The number of carbonyl (C=O) groups excluding carboxylic acids is 1. The highest BCUT2D eigenvalue weighted by atomic mass is 16.1. The molecule has 0 N–H and O–H groups in total. The molecule has 5 nitrogen and oxygen atoms in total. The lowest BCUT2D eigenvalue weighted by Crippen LogP contribution is -2.35. The Morgan fingerprint density at radius 1 is 1.44 bits per heavy atom. The van der Waals surface area contributed by atoms with Crippen molar-refractivity contribution in [1.29, 1.82) is 0 Å². The van der Waals surface area contributed by atoms with Crippen LogP contribution >= 0.6 is 0 Å². The third-order valence-electron chi connectivity index (χ3n) is 3.54. The molecule has 1 aromatic rings. The lowest BCUT2D eigenvalue weighted by Gasteiger charge is -2.28. The van der Waals surface area contributed by atoms with Crippen molar-refractivity contribution < 1.29 is 4.79 Å². The summed E-state index contributed by atoms with van der Waals surface area (Å²) in [6.45, 7) is 3.56. The molecule has 0 aromatic carbocycles. The summed E-state index contributed by atoms with van der Waals surface area (Å²) < 4.78 is 1.73. The molecule has 18 heavy (non-hydrogen) atoms. The molecular formula is C13H22N4O. The van der Waals surface area contributed by atoms with E-state index in [2.05, 4.69) is 15.2 Å². The van der Waals surface area contributed by atoms with E-state index >= 15 is 0 Å². The minimum absolute atomic E-state index is 0.283. The fourth-order valence-electron chi connectivity index (χ4n) is 2.68. The highest BCUT2D eigenvalue weighted by molar-refractivity contribution is 5.76. The summed E-state index contributed by atoms with van der Waals surface area (Å²) in [6, 6.07) is 0.381. The van der Waals surface area contributed by atoms with Gasteiger partial charge in [0, 0.05) is 32.3 Å². The monoisotopic (exact) mass is 250 g/mol. The van der Waals surface area contributed by atoms with Gasteiger partial charge in [0.05, 0.1) is 5.69 Å². The van der Waals surface area contributed by atoms with Crippen molar-refractivity contribution in [3.63, 3.8) is 0 Å². The maximum Gasteiger partial charge on any atom is 0.131 e. The van der Waals surface area contributed by atoms with Crippen LogP contribution in [0.2, 0.25) is 0 Å². The molecule has 0 spiro atoms. The minimum Gasteiger partial charge on any atom is -0.300 e. The Morgan fingerprint density at radius 3 is 2.94 bits per heavy atom. The Hall–Kier alpha value is -1.23. The van der Waals surface area contributed by atoms with Crippen LogP contribution in [-0.4, -0.2) is 38.3 Å². The van der Waals surface area contributed by atoms with E-state index in [-0.39, 0.29) is 5.78 Å². The normalized spacial score (nSPS) is 21.8. The number of ketones is 1. The van der Waals surface area contributed by atoms with Gasteiger partial charge in [0.25, 0.3) is 0 Å². The second kappa shape index (κ2) is 6.09. The van der Waals surface area contributed by atoms with Gasteiger partial charge in [-0.1, -0.05) is 18.1 Å². The van der Waals surface area contributed by atoms with Gasteiger partial charge in [-0.05, 0) is 26.3 Å². The van der Waals surface area contributed by atoms with Crippen LogP contribution in [0, 0.1) is 0 Å². The highest BCUT2D eigenvalue weighted by Crippen LogP contribution is 2.21. The third kappa shape index (κ3) is 3.63. The molecule has 0 bridgehead atoms. The SMILES string of the molecule is CC(=O)CC1CCCCCN1Cc1cn(C)nn1. The van der Waals surface area contributed by atoms with Gasteiger partial charge in [0.15, 0.2) is 0 Å². The van der Waals surface area contributed by atoms with E-state index in [1.54, 1.807) is 11.6 Å². The van der Waals surface area contributed by atoms with E-state index in [0.29, 0.717) is 12.5 Å². The number of likely N-dealkylation sites (tertiary alicyclic amines) is 1. The lowest BCUT2D eigenvalue weighted by atomic mass is 10.0. The summed E-state index contributed by atoms with van der Waals surface area (Å²) in [5.41, 5.74) is 0.993. The van der Waals surface area contributed by atoms with Crippen molar-refractivity contribution in [1.82, 2.24) is 19.9 Å². The van der Waals surface area contributed by atoms with Crippen molar-refractivity contribution in [2.45, 2.75) is 51.6 Å². The summed E-state index contributed by atoms with van der Waals surface area (Å²) in [6.07, 6.45) is 7.46. The van der Waals surface area contributed by atoms with Gasteiger partial charge in [-0.15, -0.1) is 5.10 Å². The first-order valence-electron chi connectivity index (χ1n) is 6.74. The highest BCUT2D eigenvalue weighted by Gasteiger charge is 2.23. The fraction of sp³-hybridized carbons (Fsp3) is 0.769. The lowest BCUT2D eigenvalue weighted by molar-refractivity contribution is -0.118. The number of aromatic nitrogens is 3. The van der Waals surface area contributed by atoms with Crippen LogP contribution in [0.4, 0.5) is 0 Å². The topological polar surface area (TPSA) is 51.0 Å². The molecule has 1 aliphatic rings. The van der Waals surface area contributed by atoms with Crippen molar-refractivity contribution in [3.05, 3.63) is 11.9 Å². The van der Waals surface area contributed by atoms with Gasteiger partial charge in [-0.25, -0.2) is 0 Å². The van der Waals surface area contributed by atoms with Crippen LogP contribution in [-0.2, 0) is 18.4 Å². The molecule has 1 fully saturated rings. The quantitative estimate of drug-likeness (QED) is 0.813. The van der Waals surface area contributed by atoms with Gasteiger partial charge in [-0.2, -0.15) is 0 Å². The molecule has 2 rings (SSSR count). The molecule has 0 aliphatic carbocycles. The Bertz CT molecular complexity index is 401. The predicted molar refractivity (Wildman–Crippen MR) is 69.0 cm³/mol. The molecule has 1 aromatic heterocycles. The number of hydrogen-bond acceptors (Lipinski definition) is 4. The molecule has 5 heteroatoms. The average Bonchev–Trinajstić information content (AvgIpc) is 2.58. The summed E-state index contributed by atoms with van der Waals surface area (Å²) in [5.74, 6) is 0.283. The van der Waals surface area contributed by atoms with Crippen LogP contribution in [0.25, 0.3) is 0 Å². The van der Waals surface area contributed by atoms with E-state index in [4.69, 9.17) is 0 Å². The van der Waals surface area contributed by atoms with Crippen LogP contribution < -0.4 is 0 Å². The Balaban J connectivity index is 2.02. The minimum atomic E-state index is 0.283. The zero-order valence-electron chi connectivity index (χ0n) is 11.3. The van der Waals surface area contributed by atoms with Crippen molar-refractivity contribution in [3.8, 4) is 0 Å². The van der Waals surface area contributed by atoms with E-state index in [1.807, 2.05) is 13.2 Å². The average molecular weight is 250 g/mol. The van der Waals surface area contributed by atoms with Gasteiger partial charge < -0.3 is 0 Å². The van der Waals surface area contributed by atoms with Crippen molar-refractivity contribution in [2.24, 2.45) is 7.05 Å². The standard InChI is InChI=1S/C13H22N4O/c1-11(18)8-13-6-4-3-5-7-17(13)10-12-9-16(2)15-14-12/h9,13H,3-8,10H2,1-2H3. The molecule has 2 heterocycles. The number of Topliss-reactive ketones (excluding diaryl/α,β-unsaturated/α-hetero) is 1. The number of nitrogens with zero attached hydrogens (tertiary/aromatic N) is 4. The van der Waals surface area contributed by atoms with E-state index < -0.39 is 0 Å². The first-order chi connectivity index (χ1) is 8.65. The molecule has 0 radical (unpaired) electrons. The van der Waals surface area contributed by atoms with Crippen LogP contribution in [0.3, 0.4) is 0 Å². The molecule has 1 aliphatic heterocycles. The van der Waals surface area contributed by atoms with Gasteiger partial charge in [0.2, 0.25) is 0 Å². The van der Waals surface area contributed by atoms with E-state index in [0.717, 1.165) is 25.2 Å². The number of carbonyl (C=O) groups is 1. The van der Waals surface area contributed by atoms with E-state index in [9.17, 15) is 4.79 Å². The number of aryl methyl sites for hydroxylation is 1. The van der Waals surface area contributed by atoms with Crippen LogP contribution in [0.15, 0.2) is 6.20 Å². The maximum atomic E-state index is 11.4. The molecule has 1 unspecified atom stereocenters. The first-order valence-corrected chi connectivity index (χ1v) is 6.74. The maximum absolute atomic E-state index is 11.4. The van der Waals surface area contributed by atoms with Gasteiger partial charge in [0.1, 0.15) is 5.78 Å². The van der Waals surface area contributed by atoms with Gasteiger partial charge >= 0.3 is 0 Å².